The molecule has 118 valence electrons. The zero-order valence-electron chi connectivity index (χ0n) is 11.7. The highest BCUT2D eigenvalue weighted by Crippen LogP contribution is 2.24. The highest BCUT2D eigenvalue weighted by Gasteiger charge is 2.27. The van der Waals surface area contributed by atoms with Crippen LogP contribution in [0.25, 0.3) is 11.1 Å². The standard InChI is InChI=1S/C13H15N3O5S/c17-16(18)10-4-5-12-11(7-10)15-13(21-12)22(19,20)8-9-3-1-2-6-14-9/h4-5,7,9,14H,1-3,6,8H2. The number of nitrogens with one attached hydrogen (secondary N) is 1. The van der Waals surface area contributed by atoms with Crippen LogP contribution in [0.3, 0.4) is 0 Å². The molecular weight excluding hydrogens is 310 g/mol. The average molecular weight is 325 g/mol. The first-order valence-electron chi connectivity index (χ1n) is 6.97. The van der Waals surface area contributed by atoms with Gasteiger partial charge in [-0.05, 0) is 25.5 Å². The lowest BCUT2D eigenvalue weighted by molar-refractivity contribution is -0.384. The van der Waals surface area contributed by atoms with Crippen LogP contribution in [0.2, 0.25) is 0 Å². The fourth-order valence-corrected chi connectivity index (χ4v) is 3.95. The van der Waals surface area contributed by atoms with Crippen molar-refractivity contribution in [2.24, 2.45) is 0 Å². The summed E-state index contributed by atoms with van der Waals surface area (Å²) in [4.78, 5) is 14.1. The number of nitro benzene ring substituents is 1. The molecule has 2 heterocycles. The summed E-state index contributed by atoms with van der Waals surface area (Å²) in [5.41, 5.74) is 0.240. The lowest BCUT2D eigenvalue weighted by Crippen LogP contribution is -2.39. The fraction of sp³-hybridized carbons (Fsp3) is 0.462. The van der Waals surface area contributed by atoms with E-state index < -0.39 is 14.8 Å². The van der Waals surface area contributed by atoms with Crippen molar-refractivity contribution in [1.82, 2.24) is 10.3 Å². The summed E-state index contributed by atoms with van der Waals surface area (Å²) < 4.78 is 30.0. The maximum Gasteiger partial charge on any atom is 0.316 e. The van der Waals surface area contributed by atoms with E-state index in [4.69, 9.17) is 4.42 Å². The van der Waals surface area contributed by atoms with E-state index in [-0.39, 0.29) is 33.8 Å². The molecule has 1 aliphatic rings. The molecule has 2 aromatic rings. The Kier molecular flexibility index (Phi) is 3.83. The van der Waals surface area contributed by atoms with Gasteiger partial charge in [-0.2, -0.15) is 4.98 Å². The SMILES string of the molecule is O=[N+]([O-])c1ccc2oc(S(=O)(=O)CC3CCCCN3)nc2c1. The Morgan fingerprint density at radius 1 is 1.41 bits per heavy atom. The van der Waals surface area contributed by atoms with Crippen molar-refractivity contribution < 1.29 is 17.8 Å². The van der Waals surface area contributed by atoms with E-state index in [9.17, 15) is 18.5 Å². The maximum atomic E-state index is 12.4. The van der Waals surface area contributed by atoms with Crippen molar-refractivity contribution in [2.45, 2.75) is 30.5 Å². The van der Waals surface area contributed by atoms with Gasteiger partial charge in [0.2, 0.25) is 9.84 Å². The second-order valence-corrected chi connectivity index (χ2v) is 7.23. The normalized spacial score (nSPS) is 19.4. The molecule has 0 saturated carbocycles. The molecule has 22 heavy (non-hydrogen) atoms. The second-order valence-electron chi connectivity index (χ2n) is 5.32. The van der Waals surface area contributed by atoms with Crippen LogP contribution in [0.1, 0.15) is 19.3 Å². The van der Waals surface area contributed by atoms with Crippen molar-refractivity contribution in [3.8, 4) is 0 Å². The summed E-state index contributed by atoms with van der Waals surface area (Å²) in [6, 6.07) is 3.71. The molecule has 1 unspecified atom stereocenters. The van der Waals surface area contributed by atoms with Gasteiger partial charge in [0.05, 0.1) is 10.7 Å². The minimum Gasteiger partial charge on any atom is -0.428 e. The minimum atomic E-state index is -3.66. The molecule has 0 spiro atoms. The van der Waals surface area contributed by atoms with Crippen molar-refractivity contribution in [3.05, 3.63) is 28.3 Å². The van der Waals surface area contributed by atoms with Gasteiger partial charge in [0.25, 0.3) is 5.69 Å². The molecule has 0 amide bonds. The highest BCUT2D eigenvalue weighted by atomic mass is 32.2. The van der Waals surface area contributed by atoms with E-state index in [2.05, 4.69) is 10.3 Å². The topological polar surface area (TPSA) is 115 Å². The second kappa shape index (κ2) is 5.65. The van der Waals surface area contributed by atoms with Gasteiger partial charge in [-0.3, -0.25) is 10.1 Å². The Bertz CT molecular complexity index is 808. The molecule has 3 rings (SSSR count). The number of oxazole rings is 1. The number of non-ortho nitro benzene ring substituents is 1. The van der Waals surface area contributed by atoms with Crippen molar-refractivity contribution in [2.75, 3.05) is 12.3 Å². The lowest BCUT2D eigenvalue weighted by atomic mass is 10.1. The molecule has 0 radical (unpaired) electrons. The van der Waals surface area contributed by atoms with Crippen molar-refractivity contribution >= 4 is 26.6 Å². The predicted molar refractivity (Wildman–Crippen MR) is 78.4 cm³/mol. The number of hydrogen-bond acceptors (Lipinski definition) is 7. The summed E-state index contributed by atoms with van der Waals surface area (Å²) in [6.07, 6.45) is 2.83. The molecule has 1 N–H and O–H groups in total. The number of rotatable bonds is 4. The van der Waals surface area contributed by atoms with Gasteiger partial charge in [-0.25, -0.2) is 8.42 Å². The third-order valence-corrected chi connectivity index (χ3v) is 5.21. The average Bonchev–Trinajstić information content (AvgIpc) is 2.91. The van der Waals surface area contributed by atoms with Gasteiger partial charge in [0, 0.05) is 18.2 Å². The van der Waals surface area contributed by atoms with Crippen LogP contribution in [0.5, 0.6) is 0 Å². The summed E-state index contributed by atoms with van der Waals surface area (Å²) in [6.45, 7) is 0.805. The zero-order valence-corrected chi connectivity index (χ0v) is 12.5. The van der Waals surface area contributed by atoms with E-state index in [1.54, 1.807) is 0 Å². The summed E-state index contributed by atoms with van der Waals surface area (Å²) in [7, 11) is -3.66. The Labute approximate surface area is 126 Å². The Morgan fingerprint density at radius 3 is 2.91 bits per heavy atom. The Morgan fingerprint density at radius 2 is 2.23 bits per heavy atom. The van der Waals surface area contributed by atoms with Gasteiger partial charge in [-0.15, -0.1) is 0 Å². The third-order valence-electron chi connectivity index (χ3n) is 3.66. The molecule has 1 fully saturated rings. The number of nitro groups is 1. The number of nitrogens with zero attached hydrogens (tertiary/aromatic N) is 2. The first kappa shape index (κ1) is 14.9. The van der Waals surface area contributed by atoms with Crippen molar-refractivity contribution in [1.29, 1.82) is 0 Å². The van der Waals surface area contributed by atoms with Crippen molar-refractivity contribution in [3.63, 3.8) is 0 Å². The van der Waals surface area contributed by atoms with Gasteiger partial charge in [0.15, 0.2) is 5.58 Å². The summed E-state index contributed by atoms with van der Waals surface area (Å²) in [5.74, 6) is -0.0814. The first-order valence-corrected chi connectivity index (χ1v) is 8.62. The molecule has 1 aromatic heterocycles. The predicted octanol–water partition coefficient (Wildman–Crippen LogP) is 1.65. The van der Waals surface area contributed by atoms with Gasteiger partial charge < -0.3 is 9.73 Å². The number of hydrogen-bond donors (Lipinski definition) is 1. The van der Waals surface area contributed by atoms with E-state index in [1.165, 1.54) is 18.2 Å². The molecule has 0 bridgehead atoms. The van der Waals surface area contributed by atoms with Crippen LogP contribution in [-0.4, -0.2) is 36.7 Å². The number of fused-ring (bicyclic) bond motifs is 1. The quantitative estimate of drug-likeness (QED) is 0.671. The molecular formula is C13H15N3O5S. The smallest absolute Gasteiger partial charge is 0.316 e. The van der Waals surface area contributed by atoms with E-state index >= 15 is 0 Å². The maximum absolute atomic E-state index is 12.4. The third kappa shape index (κ3) is 2.95. The largest absolute Gasteiger partial charge is 0.428 e. The number of benzene rings is 1. The minimum absolute atomic E-state index is 0.0814. The van der Waals surface area contributed by atoms with E-state index in [0.29, 0.717) is 0 Å². The van der Waals surface area contributed by atoms with Crippen LogP contribution >= 0.6 is 0 Å². The van der Waals surface area contributed by atoms with Crippen LogP contribution in [-0.2, 0) is 9.84 Å². The van der Waals surface area contributed by atoms with Crippen LogP contribution in [0.4, 0.5) is 5.69 Å². The van der Waals surface area contributed by atoms with E-state index in [1.807, 2.05) is 0 Å². The molecule has 1 atom stereocenters. The summed E-state index contributed by atoms with van der Waals surface area (Å²) >= 11 is 0. The monoisotopic (exact) mass is 325 g/mol. The van der Waals surface area contributed by atoms with Crippen LogP contribution < -0.4 is 5.32 Å². The molecule has 1 aromatic carbocycles. The number of aromatic nitrogens is 1. The molecule has 1 saturated heterocycles. The molecule has 1 aliphatic heterocycles. The van der Waals surface area contributed by atoms with E-state index in [0.717, 1.165) is 25.8 Å². The van der Waals surface area contributed by atoms with Crippen LogP contribution in [0.15, 0.2) is 27.8 Å². The highest BCUT2D eigenvalue weighted by molar-refractivity contribution is 7.91. The molecule has 0 aliphatic carbocycles. The Hall–Kier alpha value is -2.00. The van der Waals surface area contributed by atoms with Gasteiger partial charge >= 0.3 is 5.22 Å². The van der Waals surface area contributed by atoms with Crippen LogP contribution in [0, 0.1) is 10.1 Å². The lowest BCUT2D eigenvalue weighted by Gasteiger charge is -2.22. The summed E-state index contributed by atoms with van der Waals surface area (Å²) in [5, 5.41) is 13.5. The number of sulfone groups is 1. The Balaban J connectivity index is 1.89. The van der Waals surface area contributed by atoms with Gasteiger partial charge in [0.1, 0.15) is 5.52 Å². The van der Waals surface area contributed by atoms with Gasteiger partial charge in [-0.1, -0.05) is 6.42 Å². The first-order chi connectivity index (χ1) is 10.5. The zero-order chi connectivity index (χ0) is 15.7. The number of piperidine rings is 1. The molecule has 9 heteroatoms. The molecule has 8 nitrogen and oxygen atoms in total. The fourth-order valence-electron chi connectivity index (χ4n) is 2.54.